The van der Waals surface area contributed by atoms with E-state index >= 15 is 0 Å². The molecule has 0 aliphatic carbocycles. The minimum atomic E-state index is -3.69. The Morgan fingerprint density at radius 1 is 1.10 bits per heavy atom. The molecule has 1 amide bonds. The highest BCUT2D eigenvalue weighted by molar-refractivity contribution is 7.89. The van der Waals surface area contributed by atoms with Crippen LogP contribution in [-0.4, -0.2) is 25.9 Å². The Balaban J connectivity index is 1.89. The second-order valence-electron chi connectivity index (χ2n) is 8.14. The Bertz CT molecular complexity index is 1030. The summed E-state index contributed by atoms with van der Waals surface area (Å²) >= 11 is 0. The van der Waals surface area contributed by atoms with Crippen molar-refractivity contribution in [3.63, 3.8) is 0 Å². The highest BCUT2D eigenvalue weighted by Gasteiger charge is 2.17. The fraction of sp³-hybridized carbons (Fsp3) is 0.429. The average Bonchev–Trinajstić information content (AvgIpc) is 2.60. The molecule has 0 atom stereocenters. The molecule has 0 saturated heterocycles. The van der Waals surface area contributed by atoms with Crippen molar-refractivity contribution in [2.24, 2.45) is 0 Å². The third-order valence-electron chi connectivity index (χ3n) is 4.63. The molecule has 0 fully saturated rings. The number of carbonyl (C=O) groups excluding carboxylic acids is 1. The summed E-state index contributed by atoms with van der Waals surface area (Å²) in [6, 6.07) is 8.55. The lowest BCUT2D eigenvalue weighted by Crippen LogP contribution is -2.32. The molecule has 0 radical (unpaired) electrons. The summed E-state index contributed by atoms with van der Waals surface area (Å²) in [5.41, 5.74) is 2.78. The lowest BCUT2D eigenvalue weighted by Gasteiger charge is -2.19. The van der Waals surface area contributed by atoms with E-state index in [1.54, 1.807) is 31.2 Å². The van der Waals surface area contributed by atoms with Crippen molar-refractivity contribution in [3.05, 3.63) is 63.1 Å². The highest BCUT2D eigenvalue weighted by atomic mass is 32.2. The van der Waals surface area contributed by atoms with Gasteiger partial charge in [-0.05, 0) is 48.6 Å². The van der Waals surface area contributed by atoms with E-state index in [0.717, 1.165) is 16.8 Å². The molecule has 0 spiro atoms. The fourth-order valence-electron chi connectivity index (χ4n) is 2.89. The van der Waals surface area contributed by atoms with Gasteiger partial charge in [0.1, 0.15) is 0 Å². The summed E-state index contributed by atoms with van der Waals surface area (Å²) in [7, 11) is -3.69. The average molecular weight is 420 g/mol. The second kappa shape index (κ2) is 8.92. The monoisotopic (exact) mass is 419 g/mol. The number of carbonyl (C=O) groups is 1. The number of hydrogen-bond acceptors (Lipinski definition) is 4. The van der Waals surface area contributed by atoms with Crippen LogP contribution in [0.3, 0.4) is 0 Å². The van der Waals surface area contributed by atoms with Crippen molar-refractivity contribution in [2.75, 3.05) is 6.54 Å². The summed E-state index contributed by atoms with van der Waals surface area (Å²) in [4.78, 5) is 26.8. The quantitative estimate of drug-likeness (QED) is 0.640. The van der Waals surface area contributed by atoms with Crippen LogP contribution in [0.4, 0.5) is 0 Å². The minimum absolute atomic E-state index is 0.0257. The van der Waals surface area contributed by atoms with Gasteiger partial charge in [-0.1, -0.05) is 32.9 Å². The van der Waals surface area contributed by atoms with Gasteiger partial charge in [-0.3, -0.25) is 9.59 Å². The van der Waals surface area contributed by atoms with E-state index in [2.05, 4.69) is 35.8 Å². The maximum absolute atomic E-state index is 12.4. The molecule has 7 nitrogen and oxygen atoms in total. The first-order chi connectivity index (χ1) is 13.4. The standard InChI is InChI=1S/C21H29N3O4S/c1-14-12-15(2)24-20(26)18(14)13-22-19(25)10-11-23-29(27,28)17-8-6-16(7-9-17)21(3,4)5/h6-9,12,23H,10-11,13H2,1-5H3,(H,22,25)(H,24,26). The van der Waals surface area contributed by atoms with Crippen LogP contribution in [0.1, 0.15) is 49.6 Å². The fourth-order valence-corrected chi connectivity index (χ4v) is 3.92. The number of sulfonamides is 1. The molecule has 0 saturated carbocycles. The van der Waals surface area contributed by atoms with Crippen LogP contribution in [0.25, 0.3) is 0 Å². The first-order valence-electron chi connectivity index (χ1n) is 9.46. The van der Waals surface area contributed by atoms with Crippen LogP contribution in [0.15, 0.2) is 40.0 Å². The number of benzene rings is 1. The lowest BCUT2D eigenvalue weighted by molar-refractivity contribution is -0.121. The van der Waals surface area contributed by atoms with Gasteiger partial charge in [0, 0.05) is 30.8 Å². The largest absolute Gasteiger partial charge is 0.352 e. The number of amides is 1. The Kier molecular flexibility index (Phi) is 7.02. The van der Waals surface area contributed by atoms with Crippen LogP contribution >= 0.6 is 0 Å². The van der Waals surface area contributed by atoms with Gasteiger partial charge in [0.25, 0.3) is 5.56 Å². The molecule has 8 heteroatoms. The number of rotatable bonds is 7. The predicted octanol–water partition coefficient (Wildman–Crippen LogP) is 2.27. The smallest absolute Gasteiger partial charge is 0.253 e. The molecule has 1 aromatic carbocycles. The van der Waals surface area contributed by atoms with Gasteiger partial charge in [-0.25, -0.2) is 13.1 Å². The molecule has 2 aromatic rings. The van der Waals surface area contributed by atoms with Crippen molar-refractivity contribution in [1.82, 2.24) is 15.0 Å². The SMILES string of the molecule is Cc1cc(C)c(CNC(=O)CCNS(=O)(=O)c2ccc(C(C)(C)C)cc2)c(=O)[nH]1. The van der Waals surface area contributed by atoms with Gasteiger partial charge in [0.05, 0.1) is 4.90 Å². The first kappa shape index (κ1) is 22.8. The lowest BCUT2D eigenvalue weighted by atomic mass is 9.87. The van der Waals surface area contributed by atoms with Crippen molar-refractivity contribution < 1.29 is 13.2 Å². The van der Waals surface area contributed by atoms with E-state index in [-0.39, 0.29) is 41.3 Å². The second-order valence-corrected chi connectivity index (χ2v) is 9.91. The molecule has 0 unspecified atom stereocenters. The predicted molar refractivity (Wildman–Crippen MR) is 113 cm³/mol. The molecule has 158 valence electrons. The summed E-state index contributed by atoms with van der Waals surface area (Å²) < 4.78 is 27.2. The molecular weight excluding hydrogens is 390 g/mol. The van der Waals surface area contributed by atoms with Gasteiger partial charge < -0.3 is 10.3 Å². The zero-order valence-electron chi connectivity index (χ0n) is 17.5. The molecule has 1 aromatic heterocycles. The maximum atomic E-state index is 12.4. The number of hydrogen-bond donors (Lipinski definition) is 3. The number of pyridine rings is 1. The normalized spacial score (nSPS) is 12.0. The van der Waals surface area contributed by atoms with Crippen LogP contribution in [0, 0.1) is 13.8 Å². The topological polar surface area (TPSA) is 108 Å². The number of aromatic amines is 1. The molecule has 29 heavy (non-hydrogen) atoms. The molecule has 2 rings (SSSR count). The highest BCUT2D eigenvalue weighted by Crippen LogP contribution is 2.23. The number of aromatic nitrogens is 1. The van der Waals surface area contributed by atoms with Gasteiger partial charge in [-0.15, -0.1) is 0 Å². The molecule has 3 N–H and O–H groups in total. The zero-order chi connectivity index (χ0) is 21.8. The van der Waals surface area contributed by atoms with Crippen LogP contribution < -0.4 is 15.6 Å². The van der Waals surface area contributed by atoms with Crippen molar-refractivity contribution >= 4 is 15.9 Å². The van der Waals surface area contributed by atoms with Crippen molar-refractivity contribution in [1.29, 1.82) is 0 Å². The van der Waals surface area contributed by atoms with Crippen LogP contribution in [0.5, 0.6) is 0 Å². The Morgan fingerprint density at radius 3 is 2.28 bits per heavy atom. The number of H-pyrrole nitrogens is 1. The third kappa shape index (κ3) is 6.27. The van der Waals surface area contributed by atoms with E-state index in [0.29, 0.717) is 5.56 Å². The summed E-state index contributed by atoms with van der Waals surface area (Å²) in [5, 5.41) is 2.66. The molecule has 0 bridgehead atoms. The Labute approximate surface area is 172 Å². The van der Waals surface area contributed by atoms with Crippen molar-refractivity contribution in [2.45, 2.75) is 57.9 Å². The van der Waals surface area contributed by atoms with E-state index < -0.39 is 10.0 Å². The molecule has 0 aliphatic rings. The summed E-state index contributed by atoms with van der Waals surface area (Å²) in [6.07, 6.45) is -0.0257. The van der Waals surface area contributed by atoms with E-state index in [9.17, 15) is 18.0 Å². The van der Waals surface area contributed by atoms with E-state index in [4.69, 9.17) is 0 Å². The van der Waals surface area contributed by atoms with Crippen molar-refractivity contribution in [3.8, 4) is 0 Å². The van der Waals surface area contributed by atoms with Gasteiger partial charge in [0.2, 0.25) is 15.9 Å². The Hall–Kier alpha value is -2.45. The van der Waals surface area contributed by atoms with Gasteiger partial charge in [-0.2, -0.15) is 0 Å². The van der Waals surface area contributed by atoms with Crippen LogP contribution in [0.2, 0.25) is 0 Å². The van der Waals surface area contributed by atoms with Crippen LogP contribution in [-0.2, 0) is 26.8 Å². The minimum Gasteiger partial charge on any atom is -0.352 e. The summed E-state index contributed by atoms with van der Waals surface area (Å²) in [5.74, 6) is -0.338. The first-order valence-corrected chi connectivity index (χ1v) is 10.9. The van der Waals surface area contributed by atoms with E-state index in [1.165, 1.54) is 0 Å². The summed E-state index contributed by atoms with van der Waals surface area (Å²) in [6.45, 7) is 9.83. The van der Waals surface area contributed by atoms with Gasteiger partial charge >= 0.3 is 0 Å². The third-order valence-corrected chi connectivity index (χ3v) is 6.11. The number of nitrogens with one attached hydrogen (secondary N) is 3. The zero-order valence-corrected chi connectivity index (χ0v) is 18.4. The Morgan fingerprint density at radius 2 is 1.72 bits per heavy atom. The van der Waals surface area contributed by atoms with Gasteiger partial charge in [0.15, 0.2) is 0 Å². The molecular formula is C21H29N3O4S. The molecule has 0 aliphatic heterocycles. The van der Waals surface area contributed by atoms with E-state index in [1.807, 2.05) is 13.0 Å². The molecule has 1 heterocycles. The maximum Gasteiger partial charge on any atom is 0.253 e. The number of aryl methyl sites for hydroxylation is 2.